The van der Waals surface area contributed by atoms with Crippen LogP contribution in [0.15, 0.2) is 0 Å². The lowest BCUT2D eigenvalue weighted by Gasteiger charge is -2.31. The highest BCUT2D eigenvalue weighted by molar-refractivity contribution is 5.77. The van der Waals surface area contributed by atoms with Crippen molar-refractivity contribution in [2.75, 3.05) is 19.6 Å². The number of alkyl halides is 3. The van der Waals surface area contributed by atoms with Crippen molar-refractivity contribution in [3.63, 3.8) is 0 Å². The fourth-order valence-corrected chi connectivity index (χ4v) is 1.51. The van der Waals surface area contributed by atoms with E-state index in [9.17, 15) is 18.0 Å². The summed E-state index contributed by atoms with van der Waals surface area (Å²) in [6.45, 7) is -1.08. The van der Waals surface area contributed by atoms with Crippen LogP contribution in [-0.2, 0) is 4.79 Å². The highest BCUT2D eigenvalue weighted by Crippen LogP contribution is 2.25. The Morgan fingerprint density at radius 2 is 2.00 bits per heavy atom. The molecule has 0 aromatic heterocycles. The van der Waals surface area contributed by atoms with Gasteiger partial charge in [0.15, 0.2) is 0 Å². The summed E-state index contributed by atoms with van der Waals surface area (Å²) in [5.74, 6) is -0.202. The van der Waals surface area contributed by atoms with Crippen molar-refractivity contribution in [1.29, 1.82) is 0 Å². The van der Waals surface area contributed by atoms with Gasteiger partial charge in [0.05, 0.1) is 19.2 Å². The van der Waals surface area contributed by atoms with Crippen LogP contribution in [0.25, 0.3) is 0 Å². The van der Waals surface area contributed by atoms with Crippen molar-refractivity contribution in [1.82, 2.24) is 10.6 Å². The van der Waals surface area contributed by atoms with Crippen LogP contribution in [0.4, 0.5) is 13.2 Å². The van der Waals surface area contributed by atoms with E-state index in [0.29, 0.717) is 19.4 Å². The van der Waals surface area contributed by atoms with Gasteiger partial charge in [0.25, 0.3) is 0 Å². The van der Waals surface area contributed by atoms with Crippen LogP contribution in [0.5, 0.6) is 0 Å². The van der Waals surface area contributed by atoms with Crippen LogP contribution < -0.4 is 10.6 Å². The molecule has 0 aliphatic heterocycles. The van der Waals surface area contributed by atoms with Gasteiger partial charge in [0.1, 0.15) is 0 Å². The maximum absolute atomic E-state index is 11.7. The minimum atomic E-state index is -4.29. The summed E-state index contributed by atoms with van der Waals surface area (Å²) in [5, 5.41) is 13.5. The Hall–Kier alpha value is -0.820. The van der Waals surface area contributed by atoms with Gasteiger partial charge in [-0.25, -0.2) is 0 Å². The molecule has 0 saturated heterocycles. The number of hydrogen-bond acceptors (Lipinski definition) is 3. The van der Waals surface area contributed by atoms with E-state index in [1.807, 2.05) is 5.32 Å². The van der Waals surface area contributed by atoms with Crippen molar-refractivity contribution < 1.29 is 23.1 Å². The highest BCUT2D eigenvalue weighted by atomic mass is 19.4. The number of aliphatic hydroxyl groups is 1. The van der Waals surface area contributed by atoms with Crippen LogP contribution in [0, 0.1) is 5.92 Å². The number of aliphatic hydroxyl groups excluding tert-OH is 1. The Balaban J connectivity index is 1.99. The SMILES string of the molecule is O=C(CNCC(F)(F)F)NCC1CC(O)C1. The van der Waals surface area contributed by atoms with Crippen molar-refractivity contribution in [3.8, 4) is 0 Å². The molecular formula is C9H15F3N2O2. The molecule has 0 aromatic carbocycles. The Labute approximate surface area is 91.2 Å². The zero-order chi connectivity index (χ0) is 12.2. The molecule has 4 nitrogen and oxygen atoms in total. The summed E-state index contributed by atoms with van der Waals surface area (Å²) in [5.41, 5.74) is 0. The average molecular weight is 240 g/mol. The number of carbonyl (C=O) groups is 1. The number of nitrogens with one attached hydrogen (secondary N) is 2. The third kappa shape index (κ3) is 5.32. The minimum Gasteiger partial charge on any atom is -0.393 e. The molecule has 1 amide bonds. The molecule has 1 aliphatic carbocycles. The first-order valence-electron chi connectivity index (χ1n) is 5.09. The van der Waals surface area contributed by atoms with Gasteiger partial charge in [-0.05, 0) is 18.8 Å². The molecule has 0 aromatic rings. The molecule has 3 N–H and O–H groups in total. The fourth-order valence-electron chi connectivity index (χ4n) is 1.51. The summed E-state index contributed by atoms with van der Waals surface area (Å²) < 4.78 is 35.1. The maximum Gasteiger partial charge on any atom is 0.401 e. The van der Waals surface area contributed by atoms with E-state index < -0.39 is 18.6 Å². The molecule has 16 heavy (non-hydrogen) atoms. The van der Waals surface area contributed by atoms with E-state index in [1.54, 1.807) is 0 Å². The van der Waals surface area contributed by atoms with Gasteiger partial charge in [0, 0.05) is 6.54 Å². The van der Waals surface area contributed by atoms with Crippen molar-refractivity contribution >= 4 is 5.91 Å². The van der Waals surface area contributed by atoms with Crippen molar-refractivity contribution in [2.24, 2.45) is 5.92 Å². The number of carbonyl (C=O) groups excluding carboxylic acids is 1. The molecule has 0 heterocycles. The van der Waals surface area contributed by atoms with E-state index in [-0.39, 0.29) is 18.6 Å². The molecule has 1 fully saturated rings. The number of halogens is 3. The lowest BCUT2D eigenvalue weighted by atomic mass is 9.82. The van der Waals surface area contributed by atoms with Crippen LogP contribution >= 0.6 is 0 Å². The van der Waals surface area contributed by atoms with Crippen molar-refractivity contribution in [2.45, 2.75) is 25.1 Å². The monoisotopic (exact) mass is 240 g/mol. The molecule has 94 valence electrons. The van der Waals surface area contributed by atoms with E-state index in [4.69, 9.17) is 5.11 Å². The van der Waals surface area contributed by atoms with Crippen molar-refractivity contribution in [3.05, 3.63) is 0 Å². The summed E-state index contributed by atoms with van der Waals surface area (Å²) in [6.07, 6.45) is -3.28. The van der Waals surface area contributed by atoms with Gasteiger partial charge in [0.2, 0.25) is 5.91 Å². The second-order valence-electron chi connectivity index (χ2n) is 4.01. The standard InChI is InChI=1S/C9H15F3N2O2/c10-9(11,12)5-13-4-8(16)14-3-6-1-7(15)2-6/h6-7,13,15H,1-5H2,(H,14,16). The Morgan fingerprint density at radius 1 is 1.38 bits per heavy atom. The van der Waals surface area contributed by atoms with E-state index in [1.165, 1.54) is 0 Å². The normalized spacial score (nSPS) is 25.0. The molecule has 0 atom stereocenters. The van der Waals surface area contributed by atoms with Gasteiger partial charge in [-0.3, -0.25) is 4.79 Å². The van der Waals surface area contributed by atoms with Gasteiger partial charge in [-0.2, -0.15) is 13.2 Å². The number of amides is 1. The van der Waals surface area contributed by atoms with Gasteiger partial charge >= 0.3 is 6.18 Å². The van der Waals surface area contributed by atoms with Crippen LogP contribution in [0.2, 0.25) is 0 Å². The Kier molecular flexibility index (Phi) is 4.55. The quantitative estimate of drug-likeness (QED) is 0.635. The van der Waals surface area contributed by atoms with Crippen LogP contribution in [0.1, 0.15) is 12.8 Å². The first kappa shape index (κ1) is 13.2. The van der Waals surface area contributed by atoms with Crippen LogP contribution in [0.3, 0.4) is 0 Å². The zero-order valence-electron chi connectivity index (χ0n) is 8.68. The predicted octanol–water partition coefficient (Wildman–Crippen LogP) is 0.0254. The second-order valence-corrected chi connectivity index (χ2v) is 4.01. The lowest BCUT2D eigenvalue weighted by Crippen LogP contribution is -2.42. The highest BCUT2D eigenvalue weighted by Gasteiger charge is 2.28. The second kappa shape index (κ2) is 5.49. The molecule has 1 rings (SSSR count). The zero-order valence-corrected chi connectivity index (χ0v) is 8.68. The molecule has 0 unspecified atom stereocenters. The predicted molar refractivity (Wildman–Crippen MR) is 50.7 cm³/mol. The van der Waals surface area contributed by atoms with E-state index in [2.05, 4.69) is 5.32 Å². The molecular weight excluding hydrogens is 225 g/mol. The Morgan fingerprint density at radius 3 is 2.50 bits per heavy atom. The summed E-state index contributed by atoms with van der Waals surface area (Å²) >= 11 is 0. The third-order valence-corrected chi connectivity index (χ3v) is 2.41. The topological polar surface area (TPSA) is 61.4 Å². The molecule has 7 heteroatoms. The van der Waals surface area contributed by atoms with E-state index in [0.717, 1.165) is 0 Å². The molecule has 0 spiro atoms. The molecule has 1 saturated carbocycles. The summed E-state index contributed by atoms with van der Waals surface area (Å²) in [7, 11) is 0. The lowest BCUT2D eigenvalue weighted by molar-refractivity contribution is -0.128. The first-order chi connectivity index (χ1) is 7.37. The van der Waals surface area contributed by atoms with E-state index >= 15 is 0 Å². The Bertz CT molecular complexity index is 239. The smallest absolute Gasteiger partial charge is 0.393 e. The summed E-state index contributed by atoms with van der Waals surface area (Å²) in [6, 6.07) is 0. The number of hydrogen-bond donors (Lipinski definition) is 3. The largest absolute Gasteiger partial charge is 0.401 e. The number of rotatable bonds is 5. The average Bonchev–Trinajstić information content (AvgIpc) is 2.08. The van der Waals surface area contributed by atoms with Crippen LogP contribution in [-0.4, -0.2) is 42.9 Å². The fraction of sp³-hybridized carbons (Fsp3) is 0.889. The molecule has 1 aliphatic rings. The van der Waals surface area contributed by atoms with Gasteiger partial charge in [-0.15, -0.1) is 0 Å². The summed E-state index contributed by atoms with van der Waals surface area (Å²) in [4.78, 5) is 11.1. The van der Waals surface area contributed by atoms with Gasteiger partial charge in [-0.1, -0.05) is 0 Å². The third-order valence-electron chi connectivity index (χ3n) is 2.41. The molecule has 0 radical (unpaired) electrons. The molecule has 0 bridgehead atoms. The minimum absolute atomic E-state index is 0.251. The van der Waals surface area contributed by atoms with Gasteiger partial charge < -0.3 is 15.7 Å². The first-order valence-corrected chi connectivity index (χ1v) is 5.09. The maximum atomic E-state index is 11.7.